The topological polar surface area (TPSA) is 147 Å². The number of hydrogen-bond acceptors (Lipinski definition) is 9. The van der Waals surface area contributed by atoms with E-state index in [1.807, 2.05) is 12.1 Å². The number of pyridine rings is 1. The number of carbonyl (C=O) groups excluding carboxylic acids is 1. The van der Waals surface area contributed by atoms with Crippen molar-refractivity contribution < 1.29 is 28.6 Å². The minimum atomic E-state index is -4.30. The van der Waals surface area contributed by atoms with Crippen molar-refractivity contribution >= 4 is 49.0 Å². The summed E-state index contributed by atoms with van der Waals surface area (Å²) >= 11 is 13.9. The van der Waals surface area contributed by atoms with Crippen LogP contribution in [0.1, 0.15) is 19.4 Å². The van der Waals surface area contributed by atoms with Crippen LogP contribution in [-0.4, -0.2) is 52.3 Å². The number of nitrogens with zero attached hydrogens (tertiary/aromatic N) is 2. The van der Waals surface area contributed by atoms with Crippen LogP contribution in [0.4, 0.5) is 0 Å². The number of ether oxygens (including phenoxy) is 2. The highest BCUT2D eigenvalue weighted by Crippen LogP contribution is 2.40. The third-order valence-electron chi connectivity index (χ3n) is 4.67. The molecular formula is C22H29Cl2N4O6PS. The average Bonchev–Trinajstić information content (AvgIpc) is 3.14. The minimum Gasteiger partial charge on any atom is -0.465 e. The van der Waals surface area contributed by atoms with E-state index in [1.165, 1.54) is 18.8 Å². The lowest BCUT2D eigenvalue weighted by atomic mass is 10.1. The molecule has 1 unspecified atom stereocenters. The van der Waals surface area contributed by atoms with Crippen LogP contribution in [0.2, 0.25) is 10.0 Å². The number of allylic oxidation sites excluding steroid dienone is 1. The van der Waals surface area contributed by atoms with E-state index >= 15 is 0 Å². The maximum Gasteiger partial charge on any atom is 0.362 e. The Hall–Kier alpha value is -1.98. The van der Waals surface area contributed by atoms with Crippen molar-refractivity contribution in [3.8, 4) is 5.88 Å². The molecule has 0 saturated carbocycles. The van der Waals surface area contributed by atoms with E-state index in [0.717, 1.165) is 21.2 Å². The monoisotopic (exact) mass is 578 g/mol. The number of hydrogen-bond donors (Lipinski definition) is 4. The van der Waals surface area contributed by atoms with Gasteiger partial charge in [0.1, 0.15) is 12.8 Å². The molecule has 1 aliphatic rings. The fourth-order valence-corrected chi connectivity index (χ4v) is 5.49. The van der Waals surface area contributed by atoms with Gasteiger partial charge in [-0.2, -0.15) is 0 Å². The predicted molar refractivity (Wildman–Crippen MR) is 141 cm³/mol. The molecule has 1 aromatic carbocycles. The summed E-state index contributed by atoms with van der Waals surface area (Å²) in [5.74, 6) is 0.261. The first kappa shape index (κ1) is 30.2. The molecule has 0 radical (unpaired) electrons. The fourth-order valence-electron chi connectivity index (χ4n) is 3.22. The second kappa shape index (κ2) is 14.1. The Labute approximate surface area is 224 Å². The van der Waals surface area contributed by atoms with Crippen molar-refractivity contribution in [2.24, 2.45) is 11.7 Å². The number of nitrogens with two attached hydrogens (primary N) is 1. The highest BCUT2D eigenvalue weighted by atomic mass is 35.5. The number of benzene rings is 1. The first-order valence-electron chi connectivity index (χ1n) is 10.7. The second-order valence-electron chi connectivity index (χ2n) is 7.74. The van der Waals surface area contributed by atoms with Crippen molar-refractivity contribution in [3.63, 3.8) is 0 Å². The molecule has 0 saturated heterocycles. The van der Waals surface area contributed by atoms with E-state index in [4.69, 9.17) is 42.5 Å². The summed E-state index contributed by atoms with van der Waals surface area (Å²) in [4.78, 5) is 35.8. The van der Waals surface area contributed by atoms with Crippen LogP contribution in [-0.2, 0) is 20.6 Å². The molecule has 1 aromatic heterocycles. The predicted octanol–water partition coefficient (Wildman–Crippen LogP) is 4.00. The molecule has 0 bridgehead atoms. The Kier molecular flexibility index (Phi) is 11.8. The van der Waals surface area contributed by atoms with Crippen LogP contribution in [0.5, 0.6) is 5.88 Å². The number of halogens is 2. The van der Waals surface area contributed by atoms with Gasteiger partial charge in [-0.15, -0.1) is 0 Å². The molecule has 2 aromatic rings. The summed E-state index contributed by atoms with van der Waals surface area (Å²) in [6.45, 7) is 5.06. The van der Waals surface area contributed by atoms with Crippen LogP contribution in [0.25, 0.3) is 0 Å². The van der Waals surface area contributed by atoms with Gasteiger partial charge in [0.2, 0.25) is 5.88 Å². The van der Waals surface area contributed by atoms with E-state index < -0.39 is 13.9 Å². The molecule has 0 fully saturated rings. The highest BCUT2D eigenvalue weighted by molar-refractivity contribution is 8.03. The van der Waals surface area contributed by atoms with Gasteiger partial charge in [-0.1, -0.05) is 54.9 Å². The van der Waals surface area contributed by atoms with E-state index in [2.05, 4.69) is 34.8 Å². The lowest BCUT2D eigenvalue weighted by Gasteiger charge is -2.28. The van der Waals surface area contributed by atoms with E-state index in [-0.39, 0.29) is 24.6 Å². The van der Waals surface area contributed by atoms with E-state index in [9.17, 15) is 9.36 Å². The molecule has 3 rings (SSSR count). The number of aromatic nitrogens is 1. The van der Waals surface area contributed by atoms with Gasteiger partial charge in [-0.3, -0.25) is 9.36 Å². The average molecular weight is 579 g/mol. The van der Waals surface area contributed by atoms with Gasteiger partial charge in [0.25, 0.3) is 6.47 Å². The number of rotatable bonds is 11. The molecule has 198 valence electrons. The first-order chi connectivity index (χ1) is 17.1. The number of thioether (sulfide) groups is 1. The zero-order valence-corrected chi connectivity index (χ0v) is 23.2. The Morgan fingerprint density at radius 3 is 2.44 bits per heavy atom. The Balaban J connectivity index is 0.00000222. The molecule has 1 aliphatic heterocycles. The molecule has 14 heteroatoms. The zero-order valence-electron chi connectivity index (χ0n) is 19.9. The molecule has 2 heterocycles. The zero-order chi connectivity index (χ0) is 26.9. The van der Waals surface area contributed by atoms with Gasteiger partial charge in [-0.05, 0) is 36.7 Å². The van der Waals surface area contributed by atoms with E-state index in [0.29, 0.717) is 23.1 Å². The van der Waals surface area contributed by atoms with Crippen molar-refractivity contribution in [1.29, 1.82) is 0 Å². The quantitative estimate of drug-likeness (QED) is 0.226. The van der Waals surface area contributed by atoms with Crippen LogP contribution in [0.3, 0.4) is 0 Å². The molecule has 0 amide bonds. The van der Waals surface area contributed by atoms with Crippen molar-refractivity contribution in [2.75, 3.05) is 20.0 Å². The van der Waals surface area contributed by atoms with Gasteiger partial charge >= 0.3 is 7.60 Å². The van der Waals surface area contributed by atoms with Gasteiger partial charge in [0, 0.05) is 39.4 Å². The van der Waals surface area contributed by atoms with Crippen molar-refractivity contribution in [1.82, 2.24) is 15.2 Å². The third-order valence-corrected chi connectivity index (χ3v) is 6.69. The molecular weight excluding hydrogens is 550 g/mol. The van der Waals surface area contributed by atoms with E-state index in [1.54, 1.807) is 24.4 Å². The Morgan fingerprint density at radius 2 is 1.92 bits per heavy atom. The summed E-state index contributed by atoms with van der Waals surface area (Å²) in [6.07, 6.45) is 0.507. The van der Waals surface area contributed by atoms with Gasteiger partial charge in [0.15, 0.2) is 6.35 Å². The minimum absolute atomic E-state index is 0.106. The number of nitrogens with one attached hydrogen (secondary N) is 1. The standard InChI is InChI=1S/C21H24Cl2N3O6PS.CH5N/c1-13(2)20-21(34-17-6-15(22)5-16(23)7-17)26(18(25-20)10-31-11-27)9-14-3-4-19(24-8-14)32-12-33(28,29)30;1-2/h3-8,11,13,18,25H,9-10,12H2,1-2H3,(H2,28,29,30);2H2,1H3. The number of carbonyl (C=O) groups is 1. The molecule has 0 spiro atoms. The lowest BCUT2D eigenvalue weighted by Crippen LogP contribution is -2.40. The lowest BCUT2D eigenvalue weighted by molar-refractivity contribution is -0.130. The van der Waals surface area contributed by atoms with Crippen LogP contribution < -0.4 is 15.8 Å². The maximum absolute atomic E-state index is 11.0. The summed E-state index contributed by atoms with van der Waals surface area (Å²) < 4.78 is 21.1. The van der Waals surface area contributed by atoms with Crippen molar-refractivity contribution in [2.45, 2.75) is 31.5 Å². The van der Waals surface area contributed by atoms with Gasteiger partial charge in [0.05, 0.1) is 5.03 Å². The summed E-state index contributed by atoms with van der Waals surface area (Å²) in [5, 5.41) is 5.42. The van der Waals surface area contributed by atoms with Crippen LogP contribution in [0.15, 0.2) is 52.2 Å². The summed E-state index contributed by atoms with van der Waals surface area (Å²) in [6, 6.07) is 8.61. The Bertz CT molecular complexity index is 1080. The summed E-state index contributed by atoms with van der Waals surface area (Å²) in [5.41, 5.74) is 6.30. The van der Waals surface area contributed by atoms with Crippen molar-refractivity contribution in [3.05, 3.63) is 62.9 Å². The fraction of sp³-hybridized carbons (Fsp3) is 0.364. The molecule has 36 heavy (non-hydrogen) atoms. The molecule has 0 aliphatic carbocycles. The first-order valence-corrected chi connectivity index (χ1v) is 14.1. The highest BCUT2D eigenvalue weighted by Gasteiger charge is 2.33. The molecule has 10 nitrogen and oxygen atoms in total. The SMILES string of the molecule is CC(C)C1=C(Sc2cc(Cl)cc(Cl)c2)N(Cc2ccc(OCP(=O)(O)O)nc2)C(COC=O)N1.CN. The molecule has 5 N–H and O–H groups in total. The van der Waals surface area contributed by atoms with Crippen LogP contribution in [0, 0.1) is 5.92 Å². The van der Waals surface area contributed by atoms with Gasteiger partial charge in [-0.25, -0.2) is 4.98 Å². The normalized spacial score (nSPS) is 15.4. The van der Waals surface area contributed by atoms with Gasteiger partial charge < -0.3 is 35.2 Å². The molecule has 1 atom stereocenters. The maximum atomic E-state index is 11.0. The smallest absolute Gasteiger partial charge is 0.362 e. The van der Waals surface area contributed by atoms with Crippen LogP contribution >= 0.6 is 42.6 Å². The Morgan fingerprint density at radius 1 is 1.25 bits per heavy atom. The summed E-state index contributed by atoms with van der Waals surface area (Å²) in [7, 11) is -2.80. The third kappa shape index (κ3) is 9.15. The largest absolute Gasteiger partial charge is 0.465 e. The second-order valence-corrected chi connectivity index (χ2v) is 11.3.